The van der Waals surface area contributed by atoms with Crippen LogP contribution in [0.15, 0.2) is 22.9 Å². The van der Waals surface area contributed by atoms with E-state index in [1.807, 2.05) is 17.5 Å². The predicted octanol–water partition coefficient (Wildman–Crippen LogP) is 1.77. The average molecular weight is 282 g/mol. The van der Waals surface area contributed by atoms with Crippen LogP contribution in [-0.4, -0.2) is 30.5 Å². The van der Waals surface area contributed by atoms with Crippen molar-refractivity contribution in [2.75, 3.05) is 13.7 Å². The summed E-state index contributed by atoms with van der Waals surface area (Å²) in [7, 11) is 1.48. The number of hydrogen-bond acceptors (Lipinski definition) is 6. The van der Waals surface area contributed by atoms with E-state index in [0.717, 1.165) is 9.88 Å². The Kier molecular flexibility index (Phi) is 4.06. The molecule has 0 atom stereocenters. The summed E-state index contributed by atoms with van der Waals surface area (Å²) in [5.74, 6) is -0.935. The number of aromatic nitrogens is 1. The maximum Gasteiger partial charge on any atom is 0.358 e. The van der Waals surface area contributed by atoms with Crippen LogP contribution in [0.25, 0.3) is 9.88 Å². The lowest BCUT2D eigenvalue weighted by atomic mass is 10.4. The Morgan fingerprint density at radius 3 is 2.94 bits per heavy atom. The summed E-state index contributed by atoms with van der Waals surface area (Å²) in [5, 5.41) is 6.71. The largest absolute Gasteiger partial charge is 0.451 e. The summed E-state index contributed by atoms with van der Waals surface area (Å²) < 4.78 is 4.81. The van der Waals surface area contributed by atoms with Crippen molar-refractivity contribution >= 4 is 34.6 Å². The van der Waals surface area contributed by atoms with Crippen molar-refractivity contribution in [2.45, 2.75) is 0 Å². The molecule has 0 saturated carbocycles. The molecule has 2 aromatic heterocycles. The van der Waals surface area contributed by atoms with E-state index in [9.17, 15) is 9.59 Å². The minimum Gasteiger partial charge on any atom is -0.451 e. The molecule has 5 nitrogen and oxygen atoms in total. The maximum atomic E-state index is 11.6. The molecular weight excluding hydrogens is 272 g/mol. The van der Waals surface area contributed by atoms with Gasteiger partial charge < -0.3 is 10.1 Å². The summed E-state index contributed by atoms with van der Waals surface area (Å²) in [6.45, 7) is -0.290. The van der Waals surface area contributed by atoms with Crippen molar-refractivity contribution in [2.24, 2.45) is 0 Å². The van der Waals surface area contributed by atoms with Gasteiger partial charge in [-0.05, 0) is 11.4 Å². The summed E-state index contributed by atoms with van der Waals surface area (Å²) >= 11 is 2.93. The molecule has 1 amide bonds. The van der Waals surface area contributed by atoms with Crippen molar-refractivity contribution in [3.8, 4) is 9.88 Å². The van der Waals surface area contributed by atoms with Gasteiger partial charge in [-0.3, -0.25) is 4.79 Å². The first-order valence-electron chi connectivity index (χ1n) is 5.08. The minimum absolute atomic E-state index is 0.229. The number of carbonyl (C=O) groups excluding carboxylic acids is 2. The number of amides is 1. The number of thiazole rings is 1. The lowest BCUT2D eigenvalue weighted by Crippen LogP contribution is -2.25. The molecule has 0 aliphatic heterocycles. The standard InChI is InChI=1S/C11H10N2O3S2/c1-12-9(14)5-16-11(15)7-6-18-10(13-7)8-3-2-4-17-8/h2-4,6H,5H2,1H3,(H,12,14). The molecule has 7 heteroatoms. The Balaban J connectivity index is 2.02. The highest BCUT2D eigenvalue weighted by Gasteiger charge is 2.14. The van der Waals surface area contributed by atoms with Crippen LogP contribution in [0.2, 0.25) is 0 Å². The number of nitrogens with one attached hydrogen (secondary N) is 1. The molecule has 0 spiro atoms. The Hall–Kier alpha value is -1.73. The number of hydrogen-bond donors (Lipinski definition) is 1. The molecule has 2 heterocycles. The van der Waals surface area contributed by atoms with Crippen molar-refractivity contribution < 1.29 is 14.3 Å². The highest BCUT2D eigenvalue weighted by Crippen LogP contribution is 2.27. The third-order valence-electron chi connectivity index (χ3n) is 2.06. The molecule has 0 saturated heterocycles. The van der Waals surface area contributed by atoms with Crippen molar-refractivity contribution in [1.82, 2.24) is 10.3 Å². The highest BCUT2D eigenvalue weighted by atomic mass is 32.1. The van der Waals surface area contributed by atoms with Crippen LogP contribution in [0, 0.1) is 0 Å². The molecule has 2 rings (SSSR count). The lowest BCUT2D eigenvalue weighted by molar-refractivity contribution is -0.123. The minimum atomic E-state index is -0.586. The molecule has 94 valence electrons. The first kappa shape index (κ1) is 12.7. The van der Waals surface area contributed by atoms with Gasteiger partial charge in [0.15, 0.2) is 12.3 Å². The van der Waals surface area contributed by atoms with Crippen LogP contribution in [0.3, 0.4) is 0 Å². The van der Waals surface area contributed by atoms with Crippen molar-refractivity contribution in [3.63, 3.8) is 0 Å². The number of rotatable bonds is 4. The lowest BCUT2D eigenvalue weighted by Gasteiger charge is -2.00. The monoisotopic (exact) mass is 282 g/mol. The van der Waals surface area contributed by atoms with E-state index in [0.29, 0.717) is 0 Å². The van der Waals surface area contributed by atoms with Crippen LogP contribution < -0.4 is 5.32 Å². The third-order valence-corrected chi connectivity index (χ3v) is 3.94. The van der Waals surface area contributed by atoms with E-state index in [1.54, 1.807) is 16.7 Å². The maximum absolute atomic E-state index is 11.6. The second-order valence-electron chi connectivity index (χ2n) is 3.26. The van der Waals surface area contributed by atoms with E-state index in [4.69, 9.17) is 4.74 Å². The van der Waals surface area contributed by atoms with Gasteiger partial charge in [0.25, 0.3) is 5.91 Å². The van der Waals surface area contributed by atoms with Crippen molar-refractivity contribution in [1.29, 1.82) is 0 Å². The molecule has 0 aromatic carbocycles. The van der Waals surface area contributed by atoms with Crippen LogP contribution in [0.4, 0.5) is 0 Å². The van der Waals surface area contributed by atoms with E-state index < -0.39 is 5.97 Å². The molecule has 0 aliphatic rings. The first-order valence-corrected chi connectivity index (χ1v) is 6.83. The van der Waals surface area contributed by atoms with Crippen molar-refractivity contribution in [3.05, 3.63) is 28.6 Å². The Morgan fingerprint density at radius 1 is 1.44 bits per heavy atom. The zero-order valence-corrected chi connectivity index (χ0v) is 11.1. The molecule has 0 fully saturated rings. The Bertz CT molecular complexity index is 548. The van der Waals surface area contributed by atoms with Gasteiger partial charge in [-0.2, -0.15) is 0 Å². The number of esters is 1. The molecule has 0 bridgehead atoms. The quantitative estimate of drug-likeness (QED) is 0.868. The summed E-state index contributed by atoms with van der Waals surface area (Å²) in [6, 6.07) is 3.86. The Morgan fingerprint density at radius 2 is 2.28 bits per heavy atom. The van der Waals surface area contributed by atoms with Crippen LogP contribution in [0.1, 0.15) is 10.5 Å². The third kappa shape index (κ3) is 2.93. The number of thiophene rings is 1. The van der Waals surface area contributed by atoms with Crippen LogP contribution in [0.5, 0.6) is 0 Å². The fourth-order valence-corrected chi connectivity index (χ4v) is 2.76. The van der Waals surface area contributed by atoms with Gasteiger partial charge >= 0.3 is 5.97 Å². The average Bonchev–Trinajstić information content (AvgIpc) is 3.04. The number of ether oxygens (including phenoxy) is 1. The molecule has 18 heavy (non-hydrogen) atoms. The van der Waals surface area contributed by atoms with Gasteiger partial charge in [0.1, 0.15) is 5.01 Å². The number of carbonyl (C=O) groups is 2. The SMILES string of the molecule is CNC(=O)COC(=O)c1csc(-c2cccs2)n1. The normalized spacial score (nSPS) is 10.1. The molecule has 0 radical (unpaired) electrons. The molecular formula is C11H10N2O3S2. The highest BCUT2D eigenvalue weighted by molar-refractivity contribution is 7.20. The Labute approximate surface area is 111 Å². The molecule has 1 N–H and O–H groups in total. The zero-order valence-electron chi connectivity index (χ0n) is 9.50. The van der Waals surface area contributed by atoms with E-state index in [-0.39, 0.29) is 18.2 Å². The summed E-state index contributed by atoms with van der Waals surface area (Å²) in [4.78, 5) is 27.7. The van der Waals surface area contributed by atoms with Crippen LogP contribution in [-0.2, 0) is 9.53 Å². The van der Waals surface area contributed by atoms with Crippen LogP contribution >= 0.6 is 22.7 Å². The number of likely N-dealkylation sites (N-methyl/N-ethyl adjacent to an activating group) is 1. The first-order chi connectivity index (χ1) is 8.70. The van der Waals surface area contributed by atoms with Gasteiger partial charge in [0, 0.05) is 12.4 Å². The topological polar surface area (TPSA) is 68.3 Å². The van der Waals surface area contributed by atoms with E-state index in [2.05, 4.69) is 10.3 Å². The van der Waals surface area contributed by atoms with Gasteiger partial charge in [0.2, 0.25) is 0 Å². The second-order valence-corrected chi connectivity index (χ2v) is 5.07. The zero-order chi connectivity index (χ0) is 13.0. The van der Waals surface area contributed by atoms with E-state index >= 15 is 0 Å². The molecule has 0 unspecified atom stereocenters. The van der Waals surface area contributed by atoms with E-state index in [1.165, 1.54) is 18.4 Å². The van der Waals surface area contributed by atoms with Gasteiger partial charge in [-0.15, -0.1) is 22.7 Å². The van der Waals surface area contributed by atoms with Gasteiger partial charge in [0.05, 0.1) is 4.88 Å². The molecule has 0 aliphatic carbocycles. The van der Waals surface area contributed by atoms with Gasteiger partial charge in [-0.25, -0.2) is 9.78 Å². The molecule has 2 aromatic rings. The fourth-order valence-electron chi connectivity index (χ4n) is 1.16. The predicted molar refractivity (Wildman–Crippen MR) is 69.8 cm³/mol. The smallest absolute Gasteiger partial charge is 0.358 e. The number of nitrogens with zero attached hydrogens (tertiary/aromatic N) is 1. The second kappa shape index (κ2) is 5.74. The summed E-state index contributed by atoms with van der Waals surface area (Å²) in [6.07, 6.45) is 0. The fraction of sp³-hybridized carbons (Fsp3) is 0.182. The van der Waals surface area contributed by atoms with Gasteiger partial charge in [-0.1, -0.05) is 6.07 Å². The summed E-state index contributed by atoms with van der Waals surface area (Å²) in [5.41, 5.74) is 0.229.